The first-order chi connectivity index (χ1) is 6.66. The molecule has 1 aromatic rings. The molecule has 1 N–H and O–H groups in total. The molecule has 0 saturated carbocycles. The Kier molecular flexibility index (Phi) is 2.42. The Labute approximate surface area is 87.5 Å². The Morgan fingerprint density at radius 3 is 2.93 bits per heavy atom. The molecular formula is C10H11ClN2O. The highest BCUT2D eigenvalue weighted by molar-refractivity contribution is 6.30. The predicted molar refractivity (Wildman–Crippen MR) is 54.4 cm³/mol. The van der Waals surface area contributed by atoms with E-state index in [4.69, 9.17) is 11.6 Å². The second-order valence-electron chi connectivity index (χ2n) is 3.54. The fraction of sp³-hybridized carbons (Fsp3) is 0.400. The first kappa shape index (κ1) is 9.46. The smallest absolute Gasteiger partial charge is 0.220 e. The van der Waals surface area contributed by atoms with E-state index < -0.39 is 0 Å². The minimum atomic E-state index is 0.0895. The van der Waals surface area contributed by atoms with Crippen molar-refractivity contribution in [2.24, 2.45) is 0 Å². The van der Waals surface area contributed by atoms with Gasteiger partial charge in [0.1, 0.15) is 5.15 Å². The van der Waals surface area contributed by atoms with Crippen LogP contribution in [-0.2, 0) is 4.79 Å². The van der Waals surface area contributed by atoms with Gasteiger partial charge >= 0.3 is 0 Å². The van der Waals surface area contributed by atoms with Crippen molar-refractivity contribution < 1.29 is 4.79 Å². The van der Waals surface area contributed by atoms with Crippen LogP contribution in [0, 0.1) is 6.92 Å². The maximum absolute atomic E-state index is 11.0. The quantitative estimate of drug-likeness (QED) is 0.717. The Balaban J connectivity index is 2.28. The van der Waals surface area contributed by atoms with Crippen molar-refractivity contribution in [1.29, 1.82) is 0 Å². The van der Waals surface area contributed by atoms with Crippen molar-refractivity contribution in [2.75, 3.05) is 6.54 Å². The van der Waals surface area contributed by atoms with Gasteiger partial charge in [-0.15, -0.1) is 0 Å². The van der Waals surface area contributed by atoms with E-state index in [1.165, 1.54) is 0 Å². The largest absolute Gasteiger partial charge is 0.355 e. The molecule has 74 valence electrons. The van der Waals surface area contributed by atoms with Gasteiger partial charge in [-0.05, 0) is 18.6 Å². The molecular weight excluding hydrogens is 200 g/mol. The Bertz CT molecular complexity index is 378. The molecule has 1 amide bonds. The lowest BCUT2D eigenvalue weighted by Gasteiger charge is -2.09. The maximum Gasteiger partial charge on any atom is 0.220 e. The monoisotopic (exact) mass is 210 g/mol. The lowest BCUT2D eigenvalue weighted by molar-refractivity contribution is -0.119. The van der Waals surface area contributed by atoms with Crippen LogP contribution in [0.25, 0.3) is 0 Å². The number of aromatic nitrogens is 1. The van der Waals surface area contributed by atoms with E-state index in [9.17, 15) is 4.79 Å². The van der Waals surface area contributed by atoms with Gasteiger partial charge in [0.05, 0.1) is 0 Å². The molecule has 1 aliphatic heterocycles. The Morgan fingerprint density at radius 2 is 2.36 bits per heavy atom. The number of hydrogen-bond acceptors (Lipinski definition) is 2. The first-order valence-electron chi connectivity index (χ1n) is 4.56. The molecule has 3 nitrogen and oxygen atoms in total. The standard InChI is InChI=1S/C10H11ClN2O/c1-6-2-3-8(10(11)13-6)7-4-9(14)12-5-7/h2-3,7H,4-5H2,1H3,(H,12,14). The third-order valence-electron chi connectivity index (χ3n) is 2.43. The number of pyridine rings is 1. The summed E-state index contributed by atoms with van der Waals surface area (Å²) < 4.78 is 0. The third kappa shape index (κ3) is 1.73. The van der Waals surface area contributed by atoms with Crippen LogP contribution >= 0.6 is 11.6 Å². The van der Waals surface area contributed by atoms with Crippen molar-refractivity contribution in [1.82, 2.24) is 10.3 Å². The van der Waals surface area contributed by atoms with Gasteiger partial charge in [-0.25, -0.2) is 4.98 Å². The molecule has 0 spiro atoms. The summed E-state index contributed by atoms with van der Waals surface area (Å²) in [5.41, 5.74) is 1.87. The van der Waals surface area contributed by atoms with E-state index in [-0.39, 0.29) is 11.8 Å². The highest BCUT2D eigenvalue weighted by Crippen LogP contribution is 2.28. The highest BCUT2D eigenvalue weighted by Gasteiger charge is 2.25. The van der Waals surface area contributed by atoms with E-state index in [1.54, 1.807) is 0 Å². The summed E-state index contributed by atoms with van der Waals surface area (Å²) in [6.45, 7) is 2.57. The van der Waals surface area contributed by atoms with Crippen LogP contribution < -0.4 is 5.32 Å². The molecule has 2 rings (SSSR count). The molecule has 1 unspecified atom stereocenters. The maximum atomic E-state index is 11.0. The molecule has 14 heavy (non-hydrogen) atoms. The zero-order valence-corrected chi connectivity index (χ0v) is 8.64. The van der Waals surface area contributed by atoms with E-state index in [2.05, 4.69) is 10.3 Å². The molecule has 1 saturated heterocycles. The van der Waals surface area contributed by atoms with Crippen molar-refractivity contribution in [3.05, 3.63) is 28.5 Å². The summed E-state index contributed by atoms with van der Waals surface area (Å²) in [5.74, 6) is 0.273. The van der Waals surface area contributed by atoms with Crippen molar-refractivity contribution in [3.63, 3.8) is 0 Å². The molecule has 4 heteroatoms. The van der Waals surface area contributed by atoms with Crippen LogP contribution in [0.15, 0.2) is 12.1 Å². The van der Waals surface area contributed by atoms with E-state index >= 15 is 0 Å². The SMILES string of the molecule is Cc1ccc(C2CNC(=O)C2)c(Cl)n1. The van der Waals surface area contributed by atoms with Crippen molar-refractivity contribution >= 4 is 17.5 Å². The first-order valence-corrected chi connectivity index (χ1v) is 4.94. The number of aryl methyl sites for hydroxylation is 1. The number of carbonyl (C=O) groups excluding carboxylic acids is 1. The highest BCUT2D eigenvalue weighted by atomic mass is 35.5. The molecule has 0 aliphatic carbocycles. The second kappa shape index (κ2) is 3.58. The number of halogens is 1. The van der Waals surface area contributed by atoms with Gasteiger partial charge in [-0.1, -0.05) is 17.7 Å². The molecule has 0 radical (unpaired) electrons. The van der Waals surface area contributed by atoms with E-state index in [0.29, 0.717) is 18.1 Å². The van der Waals surface area contributed by atoms with E-state index in [1.807, 2.05) is 19.1 Å². The van der Waals surface area contributed by atoms with Gasteiger partial charge in [0, 0.05) is 24.6 Å². The van der Waals surface area contributed by atoms with Crippen molar-refractivity contribution in [3.8, 4) is 0 Å². The van der Waals surface area contributed by atoms with Gasteiger partial charge < -0.3 is 5.32 Å². The molecule has 0 bridgehead atoms. The molecule has 1 atom stereocenters. The van der Waals surface area contributed by atoms with Crippen molar-refractivity contribution in [2.45, 2.75) is 19.3 Å². The number of amides is 1. The zero-order chi connectivity index (χ0) is 10.1. The third-order valence-corrected chi connectivity index (χ3v) is 2.74. The number of nitrogens with one attached hydrogen (secondary N) is 1. The average molecular weight is 211 g/mol. The zero-order valence-electron chi connectivity index (χ0n) is 7.88. The van der Waals surface area contributed by atoms with Crippen LogP contribution in [-0.4, -0.2) is 17.4 Å². The van der Waals surface area contributed by atoms with Crippen LogP contribution in [0.5, 0.6) is 0 Å². The normalized spacial score (nSPS) is 21.0. The molecule has 1 aliphatic rings. The van der Waals surface area contributed by atoms with Crippen LogP contribution in [0.3, 0.4) is 0 Å². The molecule has 0 aromatic carbocycles. The topological polar surface area (TPSA) is 42.0 Å². The lowest BCUT2D eigenvalue weighted by Crippen LogP contribution is -2.13. The Morgan fingerprint density at radius 1 is 1.57 bits per heavy atom. The fourth-order valence-corrected chi connectivity index (χ4v) is 2.02. The molecule has 2 heterocycles. The van der Waals surface area contributed by atoms with Gasteiger partial charge in [0.15, 0.2) is 0 Å². The van der Waals surface area contributed by atoms with Crippen LogP contribution in [0.1, 0.15) is 23.6 Å². The fourth-order valence-electron chi connectivity index (χ4n) is 1.67. The number of hydrogen-bond donors (Lipinski definition) is 1. The summed E-state index contributed by atoms with van der Waals surface area (Å²) in [5, 5.41) is 3.30. The number of rotatable bonds is 1. The summed E-state index contributed by atoms with van der Waals surface area (Å²) >= 11 is 6.01. The average Bonchev–Trinajstić information content (AvgIpc) is 2.51. The van der Waals surface area contributed by atoms with Gasteiger partial charge in [-0.2, -0.15) is 0 Å². The summed E-state index contributed by atoms with van der Waals surface area (Å²) in [6, 6.07) is 3.87. The lowest BCUT2D eigenvalue weighted by atomic mass is 10.00. The van der Waals surface area contributed by atoms with Gasteiger partial charge in [0.25, 0.3) is 0 Å². The summed E-state index contributed by atoms with van der Waals surface area (Å²) in [4.78, 5) is 15.2. The Hall–Kier alpha value is -1.09. The molecule has 1 fully saturated rings. The van der Waals surface area contributed by atoms with Crippen LogP contribution in [0.2, 0.25) is 5.15 Å². The minimum Gasteiger partial charge on any atom is -0.355 e. The van der Waals surface area contributed by atoms with Crippen LogP contribution in [0.4, 0.5) is 0 Å². The van der Waals surface area contributed by atoms with E-state index in [0.717, 1.165) is 11.3 Å². The number of nitrogens with zero attached hydrogens (tertiary/aromatic N) is 1. The predicted octanol–water partition coefficient (Wildman–Crippen LogP) is 1.65. The summed E-state index contributed by atoms with van der Waals surface area (Å²) in [6.07, 6.45) is 0.518. The second-order valence-corrected chi connectivity index (χ2v) is 3.90. The summed E-state index contributed by atoms with van der Waals surface area (Å²) in [7, 11) is 0. The number of carbonyl (C=O) groups is 1. The minimum absolute atomic E-state index is 0.0895. The van der Waals surface area contributed by atoms with Gasteiger partial charge in [0.2, 0.25) is 5.91 Å². The molecule has 1 aromatic heterocycles. The van der Waals surface area contributed by atoms with Gasteiger partial charge in [-0.3, -0.25) is 4.79 Å².